The number of rotatable bonds is 4. The number of Topliss-reactive ketones (excluding diaryl/α,β-unsaturated/α-hetero) is 1. The number of benzene rings is 2. The average Bonchev–Trinajstić information content (AvgIpc) is 3.17. The highest BCUT2D eigenvalue weighted by Gasteiger charge is 2.10. The molecular formula is C21H18N4O. The van der Waals surface area contributed by atoms with Crippen LogP contribution in [0.3, 0.4) is 0 Å². The number of hydrogen-bond acceptors (Lipinski definition) is 4. The topological polar surface area (TPSA) is 60.7 Å². The summed E-state index contributed by atoms with van der Waals surface area (Å²) < 4.78 is 56.5. The van der Waals surface area contributed by atoms with E-state index in [1.165, 1.54) is 0 Å². The quantitative estimate of drug-likeness (QED) is 0.526. The Morgan fingerprint density at radius 3 is 2.77 bits per heavy atom. The van der Waals surface area contributed by atoms with Crippen LogP contribution in [0.15, 0.2) is 61.0 Å². The van der Waals surface area contributed by atoms with Crippen LogP contribution in [0.25, 0.3) is 22.2 Å². The number of carbonyl (C=O) groups excluding carboxylic acids is 1. The summed E-state index contributed by atoms with van der Waals surface area (Å²) in [6.45, 7) is -2.84. The fourth-order valence-electron chi connectivity index (χ4n) is 2.67. The van der Waals surface area contributed by atoms with Gasteiger partial charge in [-0.3, -0.25) is 4.79 Å². The first-order valence-corrected chi connectivity index (χ1v) is 7.86. The van der Waals surface area contributed by atoms with Gasteiger partial charge in [-0.1, -0.05) is 35.8 Å². The number of imidazole rings is 1. The van der Waals surface area contributed by atoms with E-state index in [2.05, 4.69) is 15.2 Å². The number of fused-ring (bicyclic) bond motifs is 1. The standard InChI is InChI=1S/C21H18N4O/c1-14-3-5-15(6-4-14)21(26)11-18-10-17-9-16(7-8-19(17)24-23-18)20-12-22-13-25(20)2/h3-10,12-13H,11H2,1-2H3/i1D3,3D,4D,5D,6D. The van der Waals surface area contributed by atoms with Gasteiger partial charge in [-0.05, 0) is 25.1 Å². The molecule has 4 aromatic rings. The third-order valence-electron chi connectivity index (χ3n) is 3.99. The van der Waals surface area contributed by atoms with Gasteiger partial charge in [-0.15, -0.1) is 0 Å². The summed E-state index contributed by atoms with van der Waals surface area (Å²) in [5, 5.41) is 8.91. The lowest BCUT2D eigenvalue weighted by atomic mass is 10.0. The third kappa shape index (κ3) is 3.11. The molecule has 0 spiro atoms. The maximum atomic E-state index is 12.9. The van der Waals surface area contributed by atoms with Gasteiger partial charge in [-0.25, -0.2) is 4.98 Å². The molecule has 5 heteroatoms. The molecule has 4 rings (SSSR count). The van der Waals surface area contributed by atoms with Gasteiger partial charge in [0.15, 0.2) is 5.78 Å². The van der Waals surface area contributed by atoms with Crippen molar-refractivity contribution in [2.45, 2.75) is 13.3 Å². The van der Waals surface area contributed by atoms with E-state index in [4.69, 9.17) is 9.60 Å². The first kappa shape index (κ1) is 9.97. The Labute approximate surface area is 161 Å². The molecule has 0 saturated heterocycles. The van der Waals surface area contributed by atoms with Gasteiger partial charge in [0, 0.05) is 27.7 Å². The van der Waals surface area contributed by atoms with Gasteiger partial charge in [0.2, 0.25) is 0 Å². The minimum Gasteiger partial charge on any atom is -0.334 e. The molecule has 2 aromatic carbocycles. The molecule has 0 N–H and O–H groups in total. The van der Waals surface area contributed by atoms with Crippen LogP contribution in [-0.2, 0) is 13.5 Å². The van der Waals surface area contributed by atoms with Crippen LogP contribution >= 0.6 is 0 Å². The monoisotopic (exact) mass is 349 g/mol. The summed E-state index contributed by atoms with van der Waals surface area (Å²) in [5.41, 5.74) is 1.51. The molecule has 26 heavy (non-hydrogen) atoms. The van der Waals surface area contributed by atoms with Crippen LogP contribution in [0.1, 0.15) is 31.2 Å². The van der Waals surface area contributed by atoms with Crippen LogP contribution in [0.5, 0.6) is 0 Å². The minimum absolute atomic E-state index is 0.284. The normalized spacial score (nSPS) is 15.3. The lowest BCUT2D eigenvalue weighted by Crippen LogP contribution is -2.06. The Morgan fingerprint density at radius 2 is 2.04 bits per heavy atom. The van der Waals surface area contributed by atoms with Crippen molar-refractivity contribution in [1.82, 2.24) is 19.7 Å². The van der Waals surface area contributed by atoms with Crippen molar-refractivity contribution in [3.8, 4) is 11.3 Å². The Balaban J connectivity index is 1.72. The predicted octanol–water partition coefficient (Wildman–Crippen LogP) is 3.76. The number of nitrogens with zero attached hydrogens (tertiary/aromatic N) is 4. The molecule has 128 valence electrons. The van der Waals surface area contributed by atoms with Gasteiger partial charge in [-0.2, -0.15) is 10.2 Å². The summed E-state index contributed by atoms with van der Waals surface area (Å²) in [7, 11) is 1.87. The van der Waals surface area contributed by atoms with Crippen LogP contribution in [-0.4, -0.2) is 25.5 Å². The summed E-state index contributed by atoms with van der Waals surface area (Å²) in [5.74, 6) is -0.708. The zero-order valence-electron chi connectivity index (χ0n) is 20.9. The molecule has 0 unspecified atom stereocenters. The zero-order valence-corrected chi connectivity index (χ0v) is 13.9. The van der Waals surface area contributed by atoms with Gasteiger partial charge >= 0.3 is 0 Å². The van der Waals surface area contributed by atoms with E-state index in [1.807, 2.05) is 23.7 Å². The van der Waals surface area contributed by atoms with Crippen molar-refractivity contribution < 1.29 is 14.4 Å². The highest BCUT2D eigenvalue weighted by molar-refractivity contribution is 5.97. The van der Waals surface area contributed by atoms with Crippen LogP contribution in [0.2, 0.25) is 0 Å². The number of aromatic nitrogens is 4. The lowest BCUT2D eigenvalue weighted by Gasteiger charge is -2.06. The van der Waals surface area contributed by atoms with E-state index in [0.717, 1.165) is 16.6 Å². The average molecular weight is 349 g/mol. The highest BCUT2D eigenvalue weighted by Crippen LogP contribution is 2.23. The SMILES string of the molecule is [2H]c1c([2H])c(C([2H])([2H])[2H])c([2H])c([2H])c1C(=O)Cc1cc2cc(-c3cncn3C)ccc2nn1. The predicted molar refractivity (Wildman–Crippen MR) is 101 cm³/mol. The van der Waals surface area contributed by atoms with Gasteiger partial charge in [0.05, 0.1) is 41.3 Å². The smallest absolute Gasteiger partial charge is 0.168 e. The molecule has 0 atom stereocenters. The number of hydrogen-bond donors (Lipinski definition) is 0. The number of ketones is 1. The molecule has 0 aliphatic rings. The van der Waals surface area contributed by atoms with Crippen molar-refractivity contribution in [2.24, 2.45) is 7.05 Å². The van der Waals surface area contributed by atoms with Crippen molar-refractivity contribution >= 4 is 16.7 Å². The van der Waals surface area contributed by atoms with Crippen molar-refractivity contribution in [2.75, 3.05) is 0 Å². The molecule has 0 fully saturated rings. The Morgan fingerprint density at radius 1 is 1.19 bits per heavy atom. The molecule has 0 aliphatic carbocycles. The second-order valence-corrected chi connectivity index (χ2v) is 5.85. The molecule has 5 nitrogen and oxygen atoms in total. The lowest BCUT2D eigenvalue weighted by molar-refractivity contribution is 0.0991. The van der Waals surface area contributed by atoms with E-state index in [-0.39, 0.29) is 12.1 Å². The Kier molecular flexibility index (Phi) is 2.50. The maximum Gasteiger partial charge on any atom is 0.168 e. The van der Waals surface area contributed by atoms with Crippen LogP contribution in [0.4, 0.5) is 0 Å². The molecule has 0 saturated carbocycles. The second kappa shape index (κ2) is 6.52. The molecule has 2 aromatic heterocycles. The molecular weight excluding hydrogens is 324 g/mol. The highest BCUT2D eigenvalue weighted by atomic mass is 16.1. The van der Waals surface area contributed by atoms with Crippen LogP contribution < -0.4 is 0 Å². The fraction of sp³-hybridized carbons (Fsp3) is 0.143. The molecule has 0 bridgehead atoms. The first-order chi connectivity index (χ1) is 15.5. The molecule has 0 radical (unpaired) electrons. The van der Waals surface area contributed by atoms with Gasteiger partial charge in [0.1, 0.15) is 0 Å². The zero-order chi connectivity index (χ0) is 24.1. The van der Waals surface area contributed by atoms with E-state index < -0.39 is 47.9 Å². The van der Waals surface area contributed by atoms with Crippen LogP contribution in [0, 0.1) is 6.85 Å². The minimum atomic E-state index is -2.84. The van der Waals surface area contributed by atoms with E-state index in [1.54, 1.807) is 24.7 Å². The van der Waals surface area contributed by atoms with Crippen molar-refractivity contribution in [3.05, 3.63) is 77.8 Å². The summed E-state index contributed by atoms with van der Waals surface area (Å²) >= 11 is 0. The molecule has 2 heterocycles. The second-order valence-electron chi connectivity index (χ2n) is 5.85. The van der Waals surface area contributed by atoms with E-state index in [9.17, 15) is 4.79 Å². The summed E-state index contributed by atoms with van der Waals surface area (Å²) in [6, 6.07) is 4.39. The molecule has 0 aliphatic heterocycles. The molecule has 0 amide bonds. The number of aryl methyl sites for hydroxylation is 1. The van der Waals surface area contributed by atoms with Gasteiger partial charge < -0.3 is 4.57 Å². The van der Waals surface area contributed by atoms with E-state index in [0.29, 0.717) is 5.52 Å². The number of carbonyl (C=O) groups is 1. The maximum absolute atomic E-state index is 12.9. The van der Waals surface area contributed by atoms with Gasteiger partial charge in [0.25, 0.3) is 0 Å². The third-order valence-corrected chi connectivity index (χ3v) is 3.99. The Bertz CT molecular complexity index is 1380. The Hall–Kier alpha value is -3.34. The first-order valence-electron chi connectivity index (χ1n) is 11.4. The summed E-state index contributed by atoms with van der Waals surface area (Å²) in [4.78, 5) is 17.0. The fourth-order valence-corrected chi connectivity index (χ4v) is 2.67. The van der Waals surface area contributed by atoms with Crippen molar-refractivity contribution in [3.63, 3.8) is 0 Å². The van der Waals surface area contributed by atoms with E-state index >= 15 is 0 Å². The van der Waals surface area contributed by atoms with Crippen molar-refractivity contribution in [1.29, 1.82) is 0 Å². The summed E-state index contributed by atoms with van der Waals surface area (Å²) in [6.07, 6.45) is 3.10. The largest absolute Gasteiger partial charge is 0.334 e.